The Hall–Kier alpha value is -1.64. The van der Waals surface area contributed by atoms with E-state index in [1.165, 1.54) is 32.1 Å². The van der Waals surface area contributed by atoms with E-state index in [4.69, 9.17) is 9.52 Å². The number of aliphatic imine (C=N–C) groups is 1. The number of halogens is 1. The van der Waals surface area contributed by atoms with Crippen molar-refractivity contribution in [2.75, 3.05) is 26.2 Å². The van der Waals surface area contributed by atoms with E-state index < -0.39 is 0 Å². The number of hydrogen-bond acceptors (Lipinski definition) is 4. The highest BCUT2D eigenvalue weighted by molar-refractivity contribution is 14.0. The second-order valence-electron chi connectivity index (χ2n) is 8.04. The molecular weight excluding hydrogens is 477 g/mol. The summed E-state index contributed by atoms with van der Waals surface area (Å²) in [6.07, 6.45) is 6.95. The van der Waals surface area contributed by atoms with E-state index in [-0.39, 0.29) is 29.4 Å². The van der Waals surface area contributed by atoms with E-state index in [1.54, 1.807) is 11.1 Å². The van der Waals surface area contributed by atoms with Crippen LogP contribution in [0.25, 0.3) is 0 Å². The minimum Gasteiger partial charge on any atom is -0.357 e. The number of rotatable bonds is 4. The van der Waals surface area contributed by atoms with Crippen molar-refractivity contribution < 1.29 is 4.52 Å². The molecule has 2 heterocycles. The zero-order valence-electron chi connectivity index (χ0n) is 17.5. The molecule has 1 atom stereocenters. The lowest BCUT2D eigenvalue weighted by atomic mass is 9.66. The Morgan fingerprint density at radius 2 is 2.10 bits per heavy atom. The van der Waals surface area contributed by atoms with Crippen LogP contribution in [0.3, 0.4) is 0 Å². The molecule has 1 aliphatic heterocycles. The second-order valence-corrected chi connectivity index (χ2v) is 8.04. The van der Waals surface area contributed by atoms with Crippen molar-refractivity contribution in [3.05, 3.63) is 47.1 Å². The number of nitrogens with zero attached hydrogens (tertiary/aromatic N) is 4. The molecule has 2 aliphatic rings. The lowest BCUT2D eigenvalue weighted by Gasteiger charge is -2.47. The summed E-state index contributed by atoms with van der Waals surface area (Å²) in [6, 6.07) is 9.07. The molecule has 0 saturated carbocycles. The number of likely N-dealkylation sites (tertiary alicyclic amines) is 1. The van der Waals surface area contributed by atoms with E-state index >= 15 is 0 Å². The predicted octanol–water partition coefficient (Wildman–Crippen LogP) is 3.87. The topological polar surface area (TPSA) is 66.5 Å². The summed E-state index contributed by atoms with van der Waals surface area (Å²) in [7, 11) is 0. The van der Waals surface area contributed by atoms with Gasteiger partial charge in [0.05, 0.1) is 6.54 Å². The van der Waals surface area contributed by atoms with Crippen LogP contribution in [0, 0.1) is 6.92 Å². The summed E-state index contributed by atoms with van der Waals surface area (Å²) < 4.78 is 5.22. The van der Waals surface area contributed by atoms with Gasteiger partial charge in [-0.15, -0.1) is 24.0 Å². The molecule has 1 aromatic heterocycles. The summed E-state index contributed by atoms with van der Waals surface area (Å²) in [6.45, 7) is 7.62. The van der Waals surface area contributed by atoms with Crippen LogP contribution in [-0.4, -0.2) is 47.2 Å². The summed E-state index contributed by atoms with van der Waals surface area (Å²) in [5, 5.41) is 7.36. The van der Waals surface area contributed by atoms with Gasteiger partial charge in [-0.25, -0.2) is 0 Å². The fraction of sp³-hybridized carbons (Fsp3) is 0.591. The smallest absolute Gasteiger partial charge is 0.228 e. The zero-order chi connectivity index (χ0) is 19.4. The lowest BCUT2D eigenvalue weighted by molar-refractivity contribution is 0.188. The number of guanidine groups is 1. The fourth-order valence-corrected chi connectivity index (χ4v) is 4.87. The van der Waals surface area contributed by atoms with Crippen LogP contribution in [0.4, 0.5) is 0 Å². The van der Waals surface area contributed by atoms with Crippen molar-refractivity contribution in [1.82, 2.24) is 20.4 Å². The highest BCUT2D eigenvalue weighted by atomic mass is 127. The third-order valence-corrected chi connectivity index (χ3v) is 6.06. The summed E-state index contributed by atoms with van der Waals surface area (Å²) in [5.74, 6) is 2.36. The van der Waals surface area contributed by atoms with Gasteiger partial charge in [0.1, 0.15) is 0 Å². The van der Waals surface area contributed by atoms with Gasteiger partial charge in [0, 0.05) is 31.5 Å². The fourth-order valence-electron chi connectivity index (χ4n) is 4.87. The van der Waals surface area contributed by atoms with Crippen LogP contribution < -0.4 is 5.32 Å². The number of benzene rings is 1. The third-order valence-electron chi connectivity index (χ3n) is 6.06. The van der Waals surface area contributed by atoms with Crippen molar-refractivity contribution >= 4 is 29.9 Å². The van der Waals surface area contributed by atoms with Crippen molar-refractivity contribution in [1.29, 1.82) is 0 Å². The molecule has 0 bridgehead atoms. The van der Waals surface area contributed by atoms with Crippen LogP contribution in [0.15, 0.2) is 33.8 Å². The summed E-state index contributed by atoms with van der Waals surface area (Å²) in [4.78, 5) is 11.6. The quantitative estimate of drug-likeness (QED) is 0.385. The van der Waals surface area contributed by atoms with Gasteiger partial charge >= 0.3 is 0 Å². The van der Waals surface area contributed by atoms with Crippen molar-refractivity contribution in [2.45, 2.75) is 57.8 Å². The Morgan fingerprint density at radius 3 is 2.90 bits per heavy atom. The monoisotopic (exact) mass is 509 g/mol. The van der Waals surface area contributed by atoms with Gasteiger partial charge in [0.25, 0.3) is 0 Å². The number of fused-ring (bicyclic) bond motifs is 2. The van der Waals surface area contributed by atoms with Gasteiger partial charge in [-0.3, -0.25) is 4.99 Å². The van der Waals surface area contributed by atoms with Crippen molar-refractivity contribution in [2.24, 2.45) is 4.99 Å². The molecule has 158 valence electrons. The molecule has 0 radical (unpaired) electrons. The van der Waals surface area contributed by atoms with E-state index in [0.717, 1.165) is 25.6 Å². The molecule has 1 unspecified atom stereocenters. The van der Waals surface area contributed by atoms with E-state index in [1.807, 2.05) is 6.92 Å². The highest BCUT2D eigenvalue weighted by Crippen LogP contribution is 2.43. The normalized spacial score (nSPS) is 21.6. The SMILES string of the molecule is CCNC(=NCCc1nc(C)no1)N1CCCC2(CCCc3ccccc32)C1.I. The van der Waals surface area contributed by atoms with Crippen LogP contribution in [-0.2, 0) is 18.3 Å². The van der Waals surface area contributed by atoms with E-state index in [2.05, 4.69) is 51.5 Å². The molecule has 2 aromatic rings. The highest BCUT2D eigenvalue weighted by Gasteiger charge is 2.40. The van der Waals surface area contributed by atoms with Crippen molar-refractivity contribution in [3.8, 4) is 0 Å². The lowest BCUT2D eigenvalue weighted by Crippen LogP contribution is -2.53. The van der Waals surface area contributed by atoms with Crippen LogP contribution in [0.5, 0.6) is 0 Å². The van der Waals surface area contributed by atoms with Gasteiger partial charge < -0.3 is 14.7 Å². The first-order chi connectivity index (χ1) is 13.7. The first-order valence-corrected chi connectivity index (χ1v) is 10.6. The number of hydrogen-bond donors (Lipinski definition) is 1. The molecular formula is C22H32IN5O. The van der Waals surface area contributed by atoms with Crippen LogP contribution in [0.1, 0.15) is 55.4 Å². The van der Waals surface area contributed by atoms with Gasteiger partial charge in [-0.2, -0.15) is 4.98 Å². The molecule has 1 aliphatic carbocycles. The molecule has 1 aromatic carbocycles. The molecule has 29 heavy (non-hydrogen) atoms. The summed E-state index contributed by atoms with van der Waals surface area (Å²) in [5.41, 5.74) is 3.39. The van der Waals surface area contributed by atoms with E-state index in [9.17, 15) is 0 Å². The molecule has 6 nitrogen and oxygen atoms in total. The number of piperidine rings is 1. The molecule has 1 spiro atoms. The minimum atomic E-state index is 0. The third kappa shape index (κ3) is 4.92. The molecule has 1 saturated heterocycles. The van der Waals surface area contributed by atoms with Crippen LogP contribution >= 0.6 is 24.0 Å². The largest absolute Gasteiger partial charge is 0.357 e. The maximum Gasteiger partial charge on any atom is 0.228 e. The second kappa shape index (κ2) is 9.91. The van der Waals surface area contributed by atoms with Crippen LogP contribution in [0.2, 0.25) is 0 Å². The standard InChI is InChI=1S/C22H31N5O.HI/c1-3-23-21(24-14-11-20-25-17(2)26-28-20)27-15-7-13-22(16-27)12-6-9-18-8-4-5-10-19(18)22;/h4-5,8,10H,3,6-7,9,11-16H2,1-2H3,(H,23,24);1H. The Morgan fingerprint density at radius 1 is 1.28 bits per heavy atom. The Kier molecular flexibility index (Phi) is 7.54. The average molecular weight is 509 g/mol. The summed E-state index contributed by atoms with van der Waals surface area (Å²) >= 11 is 0. The maximum atomic E-state index is 5.22. The first kappa shape index (κ1) is 22.1. The molecule has 0 amide bonds. The Balaban J connectivity index is 0.00000240. The van der Waals surface area contributed by atoms with Gasteiger partial charge in [-0.05, 0) is 57.1 Å². The predicted molar refractivity (Wildman–Crippen MR) is 126 cm³/mol. The Labute approximate surface area is 190 Å². The number of aryl methyl sites for hydroxylation is 2. The number of aromatic nitrogens is 2. The van der Waals surface area contributed by atoms with Gasteiger partial charge in [-0.1, -0.05) is 29.4 Å². The van der Waals surface area contributed by atoms with Gasteiger partial charge in [0.15, 0.2) is 11.8 Å². The zero-order valence-corrected chi connectivity index (χ0v) is 19.8. The molecule has 7 heteroatoms. The molecule has 1 N–H and O–H groups in total. The first-order valence-electron chi connectivity index (χ1n) is 10.6. The molecule has 4 rings (SSSR count). The van der Waals surface area contributed by atoms with Gasteiger partial charge in [0.2, 0.25) is 5.89 Å². The van der Waals surface area contributed by atoms with Crippen molar-refractivity contribution in [3.63, 3.8) is 0 Å². The average Bonchev–Trinajstić information content (AvgIpc) is 3.13. The molecule has 1 fully saturated rings. The maximum absolute atomic E-state index is 5.22. The minimum absolute atomic E-state index is 0. The number of nitrogens with one attached hydrogen (secondary N) is 1. The van der Waals surface area contributed by atoms with E-state index in [0.29, 0.717) is 24.7 Å². The Bertz CT molecular complexity index is 836.